The standard InChI is InChI=1S/C28H26N4O4S2/c33-25(34)18-24(19-7-3-1-4-8-19)31-26(35)23-12-11-22-17-21(13-15-32(22)27(23)36)29-14-16-38-28(37)30-20-9-5-2-6-10-20/h1-13,15,17,24,29H,14,16,18H2,(H,30,37)(H,31,35)(H,33,34). The SMILES string of the molecule is O=C(O)CC(NC(=O)c1ccc2cc(NCCSC(=S)Nc3ccccc3)ccn2c1=O)c1ccccc1. The highest BCUT2D eigenvalue weighted by molar-refractivity contribution is 8.23. The maximum Gasteiger partial charge on any atom is 0.305 e. The molecule has 2 aromatic heterocycles. The van der Waals surface area contributed by atoms with Gasteiger partial charge in [0, 0.05) is 29.9 Å². The molecule has 0 aliphatic heterocycles. The number of thioether (sulfide) groups is 1. The minimum Gasteiger partial charge on any atom is -0.481 e. The molecule has 0 saturated heterocycles. The highest BCUT2D eigenvalue weighted by Crippen LogP contribution is 2.18. The number of nitrogens with one attached hydrogen (secondary N) is 3. The van der Waals surface area contributed by atoms with E-state index in [0.717, 1.165) is 17.1 Å². The predicted octanol–water partition coefficient (Wildman–Crippen LogP) is 4.79. The number of carboxylic acids is 1. The van der Waals surface area contributed by atoms with Gasteiger partial charge in [-0.05, 0) is 42.0 Å². The van der Waals surface area contributed by atoms with Crippen molar-refractivity contribution in [3.8, 4) is 0 Å². The molecule has 1 atom stereocenters. The number of benzene rings is 2. The van der Waals surface area contributed by atoms with E-state index in [-0.39, 0.29) is 12.0 Å². The number of pyridine rings is 2. The topological polar surface area (TPSA) is 112 Å². The Morgan fingerprint density at radius 1 is 0.947 bits per heavy atom. The van der Waals surface area contributed by atoms with Gasteiger partial charge in [0.25, 0.3) is 11.5 Å². The van der Waals surface area contributed by atoms with Crippen LogP contribution in [0.15, 0.2) is 95.9 Å². The lowest BCUT2D eigenvalue weighted by Gasteiger charge is -2.17. The Labute approximate surface area is 229 Å². The smallest absolute Gasteiger partial charge is 0.305 e. The number of hydrogen-bond donors (Lipinski definition) is 4. The van der Waals surface area contributed by atoms with Gasteiger partial charge in [-0.25, -0.2) is 0 Å². The van der Waals surface area contributed by atoms with E-state index in [2.05, 4.69) is 16.0 Å². The van der Waals surface area contributed by atoms with Crippen molar-refractivity contribution in [2.75, 3.05) is 22.9 Å². The molecule has 0 radical (unpaired) electrons. The average molecular weight is 547 g/mol. The van der Waals surface area contributed by atoms with Crippen LogP contribution in [0.2, 0.25) is 0 Å². The zero-order chi connectivity index (χ0) is 26.9. The van der Waals surface area contributed by atoms with Crippen LogP contribution in [0.1, 0.15) is 28.4 Å². The fourth-order valence-corrected chi connectivity index (χ4v) is 4.79. The Morgan fingerprint density at radius 2 is 1.66 bits per heavy atom. The van der Waals surface area contributed by atoms with Crippen LogP contribution in [-0.2, 0) is 4.79 Å². The van der Waals surface area contributed by atoms with Crippen molar-refractivity contribution in [2.24, 2.45) is 0 Å². The van der Waals surface area contributed by atoms with E-state index >= 15 is 0 Å². The van der Waals surface area contributed by atoms with Gasteiger partial charge in [0.2, 0.25) is 0 Å². The Morgan fingerprint density at radius 3 is 2.37 bits per heavy atom. The molecule has 38 heavy (non-hydrogen) atoms. The summed E-state index contributed by atoms with van der Waals surface area (Å²) >= 11 is 6.91. The number of hydrogen-bond acceptors (Lipinski definition) is 6. The number of aliphatic carboxylic acids is 1. The van der Waals surface area contributed by atoms with Crippen LogP contribution in [0.5, 0.6) is 0 Å². The minimum atomic E-state index is -1.05. The molecule has 2 heterocycles. The van der Waals surface area contributed by atoms with Crippen molar-refractivity contribution in [3.05, 3.63) is 113 Å². The van der Waals surface area contributed by atoms with Crippen LogP contribution in [0.25, 0.3) is 5.52 Å². The van der Waals surface area contributed by atoms with E-state index in [9.17, 15) is 19.5 Å². The number of carboxylic acid groups (broad SMARTS) is 1. The average Bonchev–Trinajstić information content (AvgIpc) is 2.91. The summed E-state index contributed by atoms with van der Waals surface area (Å²) in [5.41, 5.74) is 2.50. The van der Waals surface area contributed by atoms with E-state index in [1.54, 1.807) is 48.7 Å². The molecule has 4 N–H and O–H groups in total. The lowest BCUT2D eigenvalue weighted by Crippen LogP contribution is -2.34. The van der Waals surface area contributed by atoms with Gasteiger partial charge in [-0.15, -0.1) is 0 Å². The van der Waals surface area contributed by atoms with Crippen LogP contribution in [0.4, 0.5) is 11.4 Å². The van der Waals surface area contributed by atoms with Crippen molar-refractivity contribution in [3.63, 3.8) is 0 Å². The molecular weight excluding hydrogens is 520 g/mol. The maximum atomic E-state index is 13.0. The highest BCUT2D eigenvalue weighted by Gasteiger charge is 2.21. The zero-order valence-corrected chi connectivity index (χ0v) is 21.9. The van der Waals surface area contributed by atoms with Crippen LogP contribution in [-0.4, -0.2) is 38.0 Å². The summed E-state index contributed by atoms with van der Waals surface area (Å²) in [5, 5.41) is 18.5. The van der Waals surface area contributed by atoms with E-state index in [0.29, 0.717) is 21.9 Å². The van der Waals surface area contributed by atoms with Gasteiger partial charge in [-0.1, -0.05) is 72.5 Å². The van der Waals surface area contributed by atoms with E-state index in [1.807, 2.05) is 36.4 Å². The molecule has 0 fully saturated rings. The summed E-state index contributed by atoms with van der Waals surface area (Å²) in [7, 11) is 0. The van der Waals surface area contributed by atoms with Crippen molar-refractivity contribution in [1.82, 2.24) is 9.72 Å². The summed E-state index contributed by atoms with van der Waals surface area (Å²) in [4.78, 5) is 37.3. The Bertz CT molecular complexity index is 1490. The van der Waals surface area contributed by atoms with Crippen LogP contribution < -0.4 is 21.5 Å². The number of fused-ring (bicyclic) bond motifs is 1. The molecule has 0 aliphatic rings. The van der Waals surface area contributed by atoms with Crippen LogP contribution in [0, 0.1) is 0 Å². The van der Waals surface area contributed by atoms with Gasteiger partial charge >= 0.3 is 5.97 Å². The summed E-state index contributed by atoms with van der Waals surface area (Å²) < 4.78 is 2.08. The zero-order valence-electron chi connectivity index (χ0n) is 20.3. The third kappa shape index (κ3) is 7.21. The predicted molar refractivity (Wildman–Crippen MR) is 156 cm³/mol. The van der Waals surface area contributed by atoms with Crippen molar-refractivity contribution < 1.29 is 14.7 Å². The van der Waals surface area contributed by atoms with Crippen LogP contribution in [0.3, 0.4) is 0 Å². The fourth-order valence-electron chi connectivity index (χ4n) is 3.85. The third-order valence-electron chi connectivity index (χ3n) is 5.67. The van der Waals surface area contributed by atoms with E-state index in [1.165, 1.54) is 22.2 Å². The molecular formula is C28H26N4O4S2. The number of carbonyl (C=O) groups is 2. The summed E-state index contributed by atoms with van der Waals surface area (Å²) in [5.74, 6) is -0.935. The Hall–Kier alpha value is -4.15. The number of thiocarbonyl (C=S) groups is 1. The monoisotopic (exact) mass is 546 g/mol. The number of rotatable bonds is 10. The number of carbonyl (C=O) groups excluding carboxylic acids is 1. The molecule has 194 valence electrons. The molecule has 10 heteroatoms. The van der Waals surface area contributed by atoms with E-state index < -0.39 is 23.5 Å². The summed E-state index contributed by atoms with van der Waals surface area (Å²) in [6.45, 7) is 0.659. The fraction of sp³-hybridized carbons (Fsp3) is 0.143. The van der Waals surface area contributed by atoms with E-state index in [4.69, 9.17) is 12.2 Å². The second-order valence-electron chi connectivity index (χ2n) is 8.35. The number of amides is 1. The number of nitrogens with zero attached hydrogens (tertiary/aromatic N) is 1. The van der Waals surface area contributed by atoms with Gasteiger partial charge in [-0.3, -0.25) is 18.8 Å². The van der Waals surface area contributed by atoms with Gasteiger partial charge in [0.05, 0.1) is 18.0 Å². The number of para-hydroxylation sites is 1. The number of anilines is 2. The lowest BCUT2D eigenvalue weighted by molar-refractivity contribution is -0.137. The summed E-state index contributed by atoms with van der Waals surface area (Å²) in [6, 6.07) is 24.5. The Kier molecular flexibility index (Phi) is 9.12. The molecule has 1 amide bonds. The molecule has 0 aliphatic carbocycles. The second-order valence-corrected chi connectivity index (χ2v) is 10.1. The molecule has 2 aromatic carbocycles. The normalized spacial score (nSPS) is 11.5. The van der Waals surface area contributed by atoms with Gasteiger partial charge in [-0.2, -0.15) is 0 Å². The van der Waals surface area contributed by atoms with Gasteiger partial charge in [0.1, 0.15) is 9.88 Å². The summed E-state index contributed by atoms with van der Waals surface area (Å²) in [6.07, 6.45) is 1.31. The molecule has 1 unspecified atom stereocenters. The molecule has 8 nitrogen and oxygen atoms in total. The first-order chi connectivity index (χ1) is 18.4. The van der Waals surface area contributed by atoms with Gasteiger partial charge < -0.3 is 21.1 Å². The molecule has 0 spiro atoms. The first kappa shape index (κ1) is 26.9. The molecule has 4 rings (SSSR count). The Balaban J connectivity index is 1.38. The molecule has 0 bridgehead atoms. The highest BCUT2D eigenvalue weighted by atomic mass is 32.2. The van der Waals surface area contributed by atoms with Crippen molar-refractivity contribution in [2.45, 2.75) is 12.5 Å². The molecule has 4 aromatic rings. The van der Waals surface area contributed by atoms with Gasteiger partial charge in [0.15, 0.2) is 0 Å². The first-order valence-corrected chi connectivity index (χ1v) is 13.3. The largest absolute Gasteiger partial charge is 0.481 e. The first-order valence-electron chi connectivity index (χ1n) is 11.9. The quantitative estimate of drug-likeness (QED) is 0.166. The lowest BCUT2D eigenvalue weighted by atomic mass is 10.0. The number of aromatic nitrogens is 1. The van der Waals surface area contributed by atoms with Crippen molar-refractivity contribution in [1.29, 1.82) is 0 Å². The van der Waals surface area contributed by atoms with Crippen LogP contribution >= 0.6 is 24.0 Å². The second kappa shape index (κ2) is 12.9. The van der Waals surface area contributed by atoms with Crippen molar-refractivity contribution >= 4 is 57.1 Å². The maximum absolute atomic E-state index is 13.0. The minimum absolute atomic E-state index is 0.0645. The molecule has 0 saturated carbocycles. The third-order valence-corrected chi connectivity index (χ3v) is 6.90.